The van der Waals surface area contributed by atoms with Crippen molar-refractivity contribution < 1.29 is 23.8 Å². The second-order valence-electron chi connectivity index (χ2n) is 5.04. The smallest absolute Gasteiger partial charge is 0.309 e. The molecular formula is C13H14BrFO4. The molecule has 0 saturated carbocycles. The van der Waals surface area contributed by atoms with Crippen molar-refractivity contribution in [2.24, 2.45) is 5.41 Å². The number of ether oxygens (including phenoxy) is 2. The van der Waals surface area contributed by atoms with E-state index >= 15 is 0 Å². The summed E-state index contributed by atoms with van der Waals surface area (Å²) in [5.41, 5.74) is -0.854. The molecule has 0 fully saturated rings. The van der Waals surface area contributed by atoms with Gasteiger partial charge in [-0.3, -0.25) is 4.79 Å². The highest BCUT2D eigenvalue weighted by molar-refractivity contribution is 9.10. The average Bonchev–Trinajstić information content (AvgIpc) is 2.34. The normalized spacial score (nSPS) is 14.3. The van der Waals surface area contributed by atoms with Crippen LogP contribution in [0.3, 0.4) is 0 Å². The molecule has 1 N–H and O–H groups in total. The summed E-state index contributed by atoms with van der Waals surface area (Å²) in [5, 5.41) is 9.16. The zero-order valence-corrected chi connectivity index (χ0v) is 12.2. The molecule has 104 valence electrons. The fourth-order valence-electron chi connectivity index (χ4n) is 1.87. The van der Waals surface area contributed by atoms with Crippen molar-refractivity contribution in [2.45, 2.75) is 20.3 Å². The predicted octanol–water partition coefficient (Wildman–Crippen LogP) is 3.01. The van der Waals surface area contributed by atoms with Crippen LogP contribution in [-0.2, 0) is 11.2 Å². The Hall–Kier alpha value is -1.30. The molecule has 6 heteroatoms. The summed E-state index contributed by atoms with van der Waals surface area (Å²) in [7, 11) is 0. The van der Waals surface area contributed by atoms with Crippen LogP contribution in [0.2, 0.25) is 0 Å². The Morgan fingerprint density at radius 1 is 1.47 bits per heavy atom. The summed E-state index contributed by atoms with van der Waals surface area (Å²) in [6.45, 7) is 3.82. The van der Waals surface area contributed by atoms with Crippen LogP contribution in [0, 0.1) is 11.2 Å². The summed E-state index contributed by atoms with van der Waals surface area (Å²) in [6.07, 6.45) is 0.0271. The molecule has 4 nitrogen and oxygen atoms in total. The molecule has 1 heterocycles. The second-order valence-corrected chi connectivity index (χ2v) is 5.90. The van der Waals surface area contributed by atoms with Gasteiger partial charge in [0.25, 0.3) is 0 Å². The van der Waals surface area contributed by atoms with Gasteiger partial charge in [-0.2, -0.15) is 0 Å². The number of carboxylic acid groups (broad SMARTS) is 1. The predicted molar refractivity (Wildman–Crippen MR) is 70.2 cm³/mol. The van der Waals surface area contributed by atoms with Gasteiger partial charge in [0, 0.05) is 11.6 Å². The lowest BCUT2D eigenvalue weighted by atomic mass is 9.85. The van der Waals surface area contributed by atoms with Gasteiger partial charge in [-0.1, -0.05) is 0 Å². The molecule has 0 atom stereocenters. The lowest BCUT2D eigenvalue weighted by Crippen LogP contribution is -2.28. The molecule has 0 spiro atoms. The first-order chi connectivity index (χ1) is 8.83. The van der Waals surface area contributed by atoms with Gasteiger partial charge in [-0.25, -0.2) is 4.39 Å². The summed E-state index contributed by atoms with van der Waals surface area (Å²) in [4.78, 5) is 11.2. The minimum absolute atomic E-state index is 0.0271. The van der Waals surface area contributed by atoms with Gasteiger partial charge in [-0.05, 0) is 36.2 Å². The molecule has 1 aliphatic rings. The van der Waals surface area contributed by atoms with E-state index in [2.05, 4.69) is 15.9 Å². The van der Waals surface area contributed by atoms with Gasteiger partial charge in [0.15, 0.2) is 11.5 Å². The van der Waals surface area contributed by atoms with Gasteiger partial charge in [-0.15, -0.1) is 0 Å². The third kappa shape index (κ3) is 2.68. The second kappa shape index (κ2) is 5.00. The molecule has 1 aromatic rings. The van der Waals surface area contributed by atoms with E-state index in [0.29, 0.717) is 24.7 Å². The first-order valence-corrected chi connectivity index (χ1v) is 6.62. The van der Waals surface area contributed by atoms with Crippen molar-refractivity contribution in [3.05, 3.63) is 21.9 Å². The summed E-state index contributed by atoms with van der Waals surface area (Å²) in [5.74, 6) is -0.743. The fourth-order valence-corrected chi connectivity index (χ4v) is 2.32. The SMILES string of the molecule is CC(C)(Cc1c(F)c(Br)cc2c1OCCO2)C(=O)O. The number of benzene rings is 1. The molecule has 0 aromatic heterocycles. The van der Waals surface area contributed by atoms with Crippen LogP contribution in [0.25, 0.3) is 0 Å². The monoisotopic (exact) mass is 332 g/mol. The van der Waals surface area contributed by atoms with E-state index in [4.69, 9.17) is 14.6 Å². The standard InChI is InChI=1S/C13H14BrFO4/c1-13(2,12(16)17)6-7-10(15)8(14)5-9-11(7)19-4-3-18-9/h5H,3-4,6H2,1-2H3,(H,16,17). The maximum Gasteiger partial charge on any atom is 0.309 e. The van der Waals surface area contributed by atoms with E-state index in [1.807, 2.05) is 0 Å². The Morgan fingerprint density at radius 3 is 2.74 bits per heavy atom. The van der Waals surface area contributed by atoms with Crippen LogP contribution in [0.4, 0.5) is 4.39 Å². The van der Waals surface area contributed by atoms with Crippen LogP contribution in [0.15, 0.2) is 10.5 Å². The van der Waals surface area contributed by atoms with Crippen molar-refractivity contribution in [2.75, 3.05) is 13.2 Å². The zero-order valence-electron chi connectivity index (χ0n) is 10.6. The molecule has 1 aromatic carbocycles. The van der Waals surface area contributed by atoms with Crippen LogP contribution in [0.1, 0.15) is 19.4 Å². The highest BCUT2D eigenvalue weighted by Crippen LogP contribution is 2.41. The Bertz CT molecular complexity index is 528. The van der Waals surface area contributed by atoms with Crippen LogP contribution < -0.4 is 9.47 Å². The number of carbonyl (C=O) groups is 1. The van der Waals surface area contributed by atoms with Gasteiger partial charge < -0.3 is 14.6 Å². The van der Waals surface area contributed by atoms with E-state index in [-0.39, 0.29) is 16.5 Å². The van der Waals surface area contributed by atoms with Gasteiger partial charge in [0.1, 0.15) is 19.0 Å². The van der Waals surface area contributed by atoms with Crippen molar-refractivity contribution in [3.63, 3.8) is 0 Å². The van der Waals surface area contributed by atoms with Crippen LogP contribution >= 0.6 is 15.9 Å². The highest BCUT2D eigenvalue weighted by Gasteiger charge is 2.32. The van der Waals surface area contributed by atoms with Crippen molar-refractivity contribution in [3.8, 4) is 11.5 Å². The third-order valence-corrected chi connectivity index (χ3v) is 3.59. The lowest BCUT2D eigenvalue weighted by molar-refractivity contribution is -0.146. The van der Waals surface area contributed by atoms with Crippen LogP contribution in [-0.4, -0.2) is 24.3 Å². The average molecular weight is 333 g/mol. The Balaban J connectivity index is 2.49. The molecule has 0 unspecified atom stereocenters. The van der Waals surface area contributed by atoms with Crippen molar-refractivity contribution in [1.29, 1.82) is 0 Å². The topological polar surface area (TPSA) is 55.8 Å². The number of aliphatic carboxylic acids is 1. The van der Waals surface area contributed by atoms with E-state index < -0.39 is 17.2 Å². The lowest BCUT2D eigenvalue weighted by Gasteiger charge is -2.25. The molecule has 0 bridgehead atoms. The maximum absolute atomic E-state index is 14.2. The number of hydrogen-bond acceptors (Lipinski definition) is 3. The minimum atomic E-state index is -1.09. The molecule has 0 amide bonds. The number of fused-ring (bicyclic) bond motifs is 1. The largest absolute Gasteiger partial charge is 0.486 e. The third-order valence-electron chi connectivity index (χ3n) is 3.02. The number of hydrogen-bond donors (Lipinski definition) is 1. The van der Waals surface area contributed by atoms with E-state index in [1.54, 1.807) is 13.8 Å². The Labute approximate surface area is 118 Å². The zero-order chi connectivity index (χ0) is 14.2. The molecule has 0 saturated heterocycles. The molecular weight excluding hydrogens is 319 g/mol. The Kier molecular flexibility index (Phi) is 3.71. The summed E-state index contributed by atoms with van der Waals surface area (Å²) < 4.78 is 25.3. The number of carboxylic acids is 1. The van der Waals surface area contributed by atoms with E-state index in [1.165, 1.54) is 6.07 Å². The number of halogens is 2. The van der Waals surface area contributed by atoms with Gasteiger partial charge >= 0.3 is 5.97 Å². The molecule has 1 aliphatic heterocycles. The minimum Gasteiger partial charge on any atom is -0.486 e. The fraction of sp³-hybridized carbons (Fsp3) is 0.462. The van der Waals surface area contributed by atoms with Crippen LogP contribution in [0.5, 0.6) is 11.5 Å². The molecule has 2 rings (SSSR count). The highest BCUT2D eigenvalue weighted by atomic mass is 79.9. The summed E-state index contributed by atoms with van der Waals surface area (Å²) >= 11 is 3.11. The van der Waals surface area contributed by atoms with Gasteiger partial charge in [0.05, 0.1) is 9.89 Å². The number of rotatable bonds is 3. The maximum atomic E-state index is 14.2. The van der Waals surface area contributed by atoms with E-state index in [0.717, 1.165) is 0 Å². The van der Waals surface area contributed by atoms with E-state index in [9.17, 15) is 9.18 Å². The molecule has 0 radical (unpaired) electrons. The summed E-state index contributed by atoms with van der Waals surface area (Å²) in [6, 6.07) is 1.50. The van der Waals surface area contributed by atoms with Gasteiger partial charge in [0.2, 0.25) is 0 Å². The first-order valence-electron chi connectivity index (χ1n) is 5.83. The van der Waals surface area contributed by atoms with Crippen molar-refractivity contribution >= 4 is 21.9 Å². The molecule has 19 heavy (non-hydrogen) atoms. The van der Waals surface area contributed by atoms with Crippen molar-refractivity contribution in [1.82, 2.24) is 0 Å². The quantitative estimate of drug-likeness (QED) is 0.924. The first kappa shape index (κ1) is 14.1. The Morgan fingerprint density at radius 2 is 2.11 bits per heavy atom. The molecule has 0 aliphatic carbocycles.